The van der Waals surface area contributed by atoms with Crippen LogP contribution < -0.4 is 26.6 Å². The first-order valence-corrected chi connectivity index (χ1v) is 17.9. The van der Waals surface area contributed by atoms with E-state index in [0.29, 0.717) is 24.1 Å². The number of hydrogen-bond acceptors (Lipinski definition) is 11. The monoisotopic (exact) mass is 770 g/mol. The van der Waals surface area contributed by atoms with Crippen molar-refractivity contribution in [3.63, 3.8) is 0 Å². The summed E-state index contributed by atoms with van der Waals surface area (Å²) in [6.07, 6.45) is -0.312. The Morgan fingerprint density at radius 3 is 1.85 bits per heavy atom. The minimum absolute atomic E-state index is 0.0850. The molecule has 17 nitrogen and oxygen atoms in total. The van der Waals surface area contributed by atoms with Gasteiger partial charge in [-0.15, -0.1) is 0 Å². The Kier molecular flexibility index (Phi) is 17.0. The standard InChI is InChI=1S/C38H54N6O11/c1-23(2)30(43-32(46)29(42-36(50)55-38(7,8)9)12-10-11-21-39-35(49)54-37(4,5)6)33(47)40-24(3)31(45)41-27-17-13-25(14-18-27)22-53-34(48)26-15-19-28(20-16-26)44(51)52/h13-20,23-24,29-30H,10-12,21-22H2,1-9H3,(H,39,49)(H,40,47)(H,41,45)(H,42,50)(H,43,46)/t24-,29-,30?/m0/s1. The molecular formula is C38H54N6O11. The van der Waals surface area contributed by atoms with Crippen LogP contribution in [0.4, 0.5) is 21.0 Å². The molecule has 17 heteroatoms. The normalized spacial score (nSPS) is 13.0. The lowest BCUT2D eigenvalue weighted by molar-refractivity contribution is -0.384. The number of benzene rings is 2. The van der Waals surface area contributed by atoms with Crippen LogP contribution in [0.3, 0.4) is 0 Å². The van der Waals surface area contributed by atoms with Crippen molar-refractivity contribution in [2.45, 2.75) is 118 Å². The molecule has 5 amide bonds. The zero-order valence-corrected chi connectivity index (χ0v) is 32.9. The fourth-order valence-corrected chi connectivity index (χ4v) is 4.74. The molecule has 0 fully saturated rings. The topological polar surface area (TPSA) is 233 Å². The lowest BCUT2D eigenvalue weighted by Gasteiger charge is -2.27. The number of esters is 1. The first kappa shape index (κ1) is 45.4. The van der Waals surface area contributed by atoms with Crippen molar-refractivity contribution >= 4 is 47.3 Å². The molecule has 3 atom stereocenters. The van der Waals surface area contributed by atoms with Gasteiger partial charge in [-0.1, -0.05) is 26.0 Å². The summed E-state index contributed by atoms with van der Waals surface area (Å²) in [6, 6.07) is 8.31. The lowest BCUT2D eigenvalue weighted by atomic mass is 10.0. The number of nitro benzene ring substituents is 1. The predicted octanol–water partition coefficient (Wildman–Crippen LogP) is 5.12. The van der Waals surface area contributed by atoms with Gasteiger partial charge in [-0.05, 0) is 103 Å². The Hall–Kier alpha value is -5.74. The molecule has 5 N–H and O–H groups in total. The lowest BCUT2D eigenvalue weighted by Crippen LogP contribution is -2.57. The van der Waals surface area contributed by atoms with Crippen LogP contribution in [0, 0.1) is 16.0 Å². The highest BCUT2D eigenvalue weighted by Gasteiger charge is 2.31. The summed E-state index contributed by atoms with van der Waals surface area (Å²) in [5, 5.41) is 24.1. The number of rotatable bonds is 17. The average molecular weight is 771 g/mol. The summed E-state index contributed by atoms with van der Waals surface area (Å²) < 4.78 is 15.8. The van der Waals surface area contributed by atoms with Gasteiger partial charge in [0.2, 0.25) is 17.7 Å². The van der Waals surface area contributed by atoms with Crippen LogP contribution in [0.2, 0.25) is 0 Å². The highest BCUT2D eigenvalue weighted by Crippen LogP contribution is 2.16. The van der Waals surface area contributed by atoms with E-state index in [2.05, 4.69) is 26.6 Å². The summed E-state index contributed by atoms with van der Waals surface area (Å²) in [4.78, 5) is 87.0. The van der Waals surface area contributed by atoms with E-state index >= 15 is 0 Å². The number of nitrogens with zero attached hydrogens (tertiary/aromatic N) is 1. The van der Waals surface area contributed by atoms with E-state index in [9.17, 15) is 38.9 Å². The number of nitro groups is 1. The van der Waals surface area contributed by atoms with Gasteiger partial charge in [0.25, 0.3) is 5.69 Å². The van der Waals surface area contributed by atoms with Gasteiger partial charge in [0.15, 0.2) is 0 Å². The quantitative estimate of drug-likeness (QED) is 0.0465. The molecule has 1 unspecified atom stereocenters. The number of hydrogen-bond donors (Lipinski definition) is 5. The number of carbonyl (C=O) groups is 6. The van der Waals surface area contributed by atoms with Gasteiger partial charge in [0, 0.05) is 24.4 Å². The maximum absolute atomic E-state index is 13.5. The number of nitrogens with one attached hydrogen (secondary N) is 5. The van der Waals surface area contributed by atoms with E-state index in [-0.39, 0.29) is 30.8 Å². The van der Waals surface area contributed by atoms with Crippen molar-refractivity contribution in [3.05, 3.63) is 69.8 Å². The first-order valence-electron chi connectivity index (χ1n) is 17.9. The summed E-state index contributed by atoms with van der Waals surface area (Å²) in [7, 11) is 0. The fourth-order valence-electron chi connectivity index (χ4n) is 4.74. The van der Waals surface area contributed by atoms with E-state index in [0.717, 1.165) is 0 Å². The molecule has 302 valence electrons. The maximum Gasteiger partial charge on any atom is 0.408 e. The molecule has 2 aromatic carbocycles. The van der Waals surface area contributed by atoms with Crippen LogP contribution >= 0.6 is 0 Å². The first-order chi connectivity index (χ1) is 25.5. The maximum atomic E-state index is 13.5. The van der Waals surface area contributed by atoms with E-state index in [4.69, 9.17) is 14.2 Å². The number of amides is 5. The van der Waals surface area contributed by atoms with Crippen LogP contribution in [-0.2, 0) is 35.2 Å². The number of alkyl carbamates (subject to hydrolysis) is 2. The second kappa shape index (κ2) is 20.6. The van der Waals surface area contributed by atoms with Crippen LogP contribution in [-0.4, -0.2) is 76.7 Å². The Balaban J connectivity index is 1.97. The Bertz CT molecular complexity index is 1650. The van der Waals surface area contributed by atoms with Crippen molar-refractivity contribution in [2.24, 2.45) is 5.92 Å². The highest BCUT2D eigenvalue weighted by molar-refractivity contribution is 5.98. The molecule has 0 heterocycles. The average Bonchev–Trinajstić information content (AvgIpc) is 3.07. The van der Waals surface area contributed by atoms with Gasteiger partial charge in [-0.2, -0.15) is 0 Å². The number of anilines is 1. The third-order valence-electron chi connectivity index (χ3n) is 7.50. The SMILES string of the molecule is CC(C)C(NC(=O)[C@H](CCCCNC(=O)OC(C)(C)C)NC(=O)OC(C)(C)C)C(=O)N[C@@H](C)C(=O)Nc1ccc(COC(=O)c2ccc([N+](=O)[O-])cc2)cc1. The Morgan fingerprint density at radius 2 is 1.31 bits per heavy atom. The van der Waals surface area contributed by atoms with Gasteiger partial charge >= 0.3 is 18.2 Å². The van der Waals surface area contributed by atoms with Crippen LogP contribution in [0.15, 0.2) is 48.5 Å². The number of non-ortho nitro benzene ring substituents is 1. The molecule has 0 aliphatic heterocycles. The minimum Gasteiger partial charge on any atom is -0.457 e. The van der Waals surface area contributed by atoms with Gasteiger partial charge in [-0.25, -0.2) is 14.4 Å². The molecule has 0 saturated heterocycles. The molecule has 0 aromatic heterocycles. The molecule has 2 aromatic rings. The zero-order chi connectivity index (χ0) is 41.5. The summed E-state index contributed by atoms with van der Waals surface area (Å²) in [6.45, 7) is 15.4. The molecule has 0 aliphatic carbocycles. The van der Waals surface area contributed by atoms with Gasteiger partial charge in [-0.3, -0.25) is 24.5 Å². The van der Waals surface area contributed by atoms with Crippen LogP contribution in [0.5, 0.6) is 0 Å². The molecule has 0 bridgehead atoms. The molecule has 0 radical (unpaired) electrons. The molecular weight excluding hydrogens is 716 g/mol. The van der Waals surface area contributed by atoms with E-state index in [1.165, 1.54) is 31.2 Å². The van der Waals surface area contributed by atoms with Crippen LogP contribution in [0.25, 0.3) is 0 Å². The second-order valence-electron chi connectivity index (χ2n) is 15.2. The molecule has 2 rings (SSSR count). The summed E-state index contributed by atoms with van der Waals surface area (Å²) >= 11 is 0. The van der Waals surface area contributed by atoms with Crippen molar-refractivity contribution in [2.75, 3.05) is 11.9 Å². The smallest absolute Gasteiger partial charge is 0.408 e. The summed E-state index contributed by atoms with van der Waals surface area (Å²) in [5.41, 5.74) is -0.450. The molecule has 0 aliphatic rings. The molecule has 55 heavy (non-hydrogen) atoms. The van der Waals surface area contributed by atoms with Crippen molar-refractivity contribution in [1.82, 2.24) is 21.3 Å². The number of carbonyl (C=O) groups excluding carboxylic acids is 6. The van der Waals surface area contributed by atoms with Crippen molar-refractivity contribution < 1.29 is 47.9 Å². The molecule has 0 spiro atoms. The van der Waals surface area contributed by atoms with Crippen molar-refractivity contribution in [3.8, 4) is 0 Å². The van der Waals surface area contributed by atoms with E-state index in [1.807, 2.05) is 0 Å². The third-order valence-corrected chi connectivity index (χ3v) is 7.50. The van der Waals surface area contributed by atoms with E-state index < -0.39 is 76.0 Å². The van der Waals surface area contributed by atoms with Crippen LogP contribution in [0.1, 0.15) is 97.5 Å². The van der Waals surface area contributed by atoms with E-state index in [1.54, 1.807) is 79.7 Å². The number of ether oxygens (including phenoxy) is 3. The predicted molar refractivity (Wildman–Crippen MR) is 203 cm³/mol. The highest BCUT2D eigenvalue weighted by atomic mass is 16.6. The molecule has 0 saturated carbocycles. The van der Waals surface area contributed by atoms with Crippen molar-refractivity contribution in [1.29, 1.82) is 0 Å². The zero-order valence-electron chi connectivity index (χ0n) is 32.9. The van der Waals surface area contributed by atoms with Gasteiger partial charge in [0.05, 0.1) is 10.5 Å². The fraction of sp³-hybridized carbons (Fsp3) is 0.526. The second-order valence-corrected chi connectivity index (χ2v) is 15.2. The summed E-state index contributed by atoms with van der Waals surface area (Å²) in [5.74, 6) is -2.85. The van der Waals surface area contributed by atoms with Gasteiger partial charge in [0.1, 0.15) is 35.9 Å². The number of unbranched alkanes of at least 4 members (excludes halogenated alkanes) is 1. The van der Waals surface area contributed by atoms with Gasteiger partial charge < -0.3 is 40.8 Å². The Morgan fingerprint density at radius 1 is 0.727 bits per heavy atom. The largest absolute Gasteiger partial charge is 0.457 e. The minimum atomic E-state index is -1.07. The Labute approximate surface area is 321 Å². The third kappa shape index (κ3) is 17.3.